The van der Waals surface area contributed by atoms with Crippen molar-refractivity contribution < 1.29 is 9.53 Å². The Balaban J connectivity index is 2.79. The van der Waals surface area contributed by atoms with Crippen LogP contribution in [0.2, 0.25) is 0 Å². The molecular weight excluding hydrogens is 264 g/mol. The third-order valence-corrected chi connectivity index (χ3v) is 2.69. The summed E-state index contributed by atoms with van der Waals surface area (Å²) >= 11 is 0. The fraction of sp³-hybridized carbons (Fsp3) is 0.500. The summed E-state index contributed by atoms with van der Waals surface area (Å²) in [7, 11) is 0. The number of hydrogen-bond acceptors (Lipinski definition) is 5. The maximum Gasteiger partial charge on any atom is 0.423 e. The Morgan fingerprint density at radius 1 is 1.30 bits per heavy atom. The highest BCUT2D eigenvalue weighted by molar-refractivity contribution is 5.84. The van der Waals surface area contributed by atoms with Gasteiger partial charge in [-0.3, -0.25) is 9.55 Å². The number of carbonyl (C=O) groups is 1. The number of aromatic nitrogens is 4. The van der Waals surface area contributed by atoms with E-state index in [0.29, 0.717) is 0 Å². The number of nitrogens with one attached hydrogen (secondary N) is 1. The molecule has 0 fully saturated rings. The highest BCUT2D eigenvalue weighted by atomic mass is 16.6. The van der Waals surface area contributed by atoms with Crippen molar-refractivity contribution in [2.24, 2.45) is 0 Å². The zero-order chi connectivity index (χ0) is 15.0. The smallest absolute Gasteiger partial charge is 0.423 e. The molecular formula is C12H16N4O4. The van der Waals surface area contributed by atoms with Crippen LogP contribution in [0.25, 0.3) is 11.2 Å². The van der Waals surface area contributed by atoms with Crippen molar-refractivity contribution in [1.82, 2.24) is 19.1 Å². The number of fused-ring (bicyclic) bond motifs is 1. The van der Waals surface area contributed by atoms with Crippen molar-refractivity contribution in [3.63, 3.8) is 0 Å². The van der Waals surface area contributed by atoms with E-state index < -0.39 is 17.5 Å². The molecule has 0 atom stereocenters. The molecule has 0 bridgehead atoms. The number of hydrogen-bond donors (Lipinski definition) is 1. The highest BCUT2D eigenvalue weighted by Gasteiger charge is 2.22. The first-order chi connectivity index (χ1) is 9.32. The molecule has 0 aliphatic rings. The van der Waals surface area contributed by atoms with Gasteiger partial charge in [-0.2, -0.15) is 9.55 Å². The van der Waals surface area contributed by atoms with E-state index in [9.17, 15) is 14.4 Å². The molecule has 0 aliphatic heterocycles. The van der Waals surface area contributed by atoms with Crippen LogP contribution in [0.15, 0.2) is 15.8 Å². The Kier molecular flexibility index (Phi) is 3.47. The zero-order valence-corrected chi connectivity index (χ0v) is 11.7. The zero-order valence-electron chi connectivity index (χ0n) is 11.7. The van der Waals surface area contributed by atoms with Gasteiger partial charge in [0.2, 0.25) is 0 Å². The quantitative estimate of drug-likeness (QED) is 0.879. The molecule has 0 unspecified atom stereocenters. The maximum absolute atomic E-state index is 12.3. The molecule has 0 spiro atoms. The molecule has 2 aromatic rings. The van der Waals surface area contributed by atoms with E-state index in [0.717, 1.165) is 4.57 Å². The van der Waals surface area contributed by atoms with Gasteiger partial charge in [-0.25, -0.2) is 14.4 Å². The number of imidazole rings is 1. The van der Waals surface area contributed by atoms with E-state index in [1.165, 1.54) is 10.8 Å². The number of carbonyl (C=O) groups excluding carboxylic acids is 1. The van der Waals surface area contributed by atoms with Gasteiger partial charge in [-0.05, 0) is 27.7 Å². The van der Waals surface area contributed by atoms with Crippen LogP contribution in [0.3, 0.4) is 0 Å². The van der Waals surface area contributed by atoms with Gasteiger partial charge in [0.15, 0.2) is 0 Å². The lowest BCUT2D eigenvalue weighted by atomic mass is 10.4. The molecule has 108 valence electrons. The van der Waals surface area contributed by atoms with Crippen molar-refractivity contribution >= 4 is 17.3 Å². The summed E-state index contributed by atoms with van der Waals surface area (Å²) in [6.07, 6.45) is 0.0431. The van der Waals surface area contributed by atoms with E-state index in [1.807, 2.05) is 0 Å². The van der Waals surface area contributed by atoms with Crippen LogP contribution in [0.4, 0.5) is 4.79 Å². The fourth-order valence-corrected chi connectivity index (χ4v) is 1.94. The van der Waals surface area contributed by atoms with Crippen LogP contribution in [0, 0.1) is 0 Å². The lowest BCUT2D eigenvalue weighted by Gasteiger charge is -2.07. The van der Waals surface area contributed by atoms with Crippen molar-refractivity contribution in [2.75, 3.05) is 0 Å². The molecule has 20 heavy (non-hydrogen) atoms. The Labute approximate surface area is 114 Å². The number of H-pyrrole nitrogens is 1. The molecule has 0 saturated heterocycles. The van der Waals surface area contributed by atoms with Crippen LogP contribution in [-0.2, 0) is 4.74 Å². The van der Waals surface area contributed by atoms with E-state index in [-0.39, 0.29) is 23.3 Å². The van der Waals surface area contributed by atoms with Crippen molar-refractivity contribution in [3.8, 4) is 0 Å². The molecule has 0 aliphatic carbocycles. The molecule has 8 nitrogen and oxygen atoms in total. The summed E-state index contributed by atoms with van der Waals surface area (Å²) in [4.78, 5) is 41.7. The average molecular weight is 280 g/mol. The van der Waals surface area contributed by atoms with E-state index in [1.54, 1.807) is 27.7 Å². The van der Waals surface area contributed by atoms with Gasteiger partial charge in [-0.15, -0.1) is 0 Å². The number of aromatic amines is 1. The summed E-state index contributed by atoms with van der Waals surface area (Å²) in [6.45, 7) is 6.92. The summed E-state index contributed by atoms with van der Waals surface area (Å²) in [5.41, 5.74) is -0.676. The second-order valence-corrected chi connectivity index (χ2v) is 4.94. The van der Waals surface area contributed by atoms with Gasteiger partial charge >= 0.3 is 17.5 Å². The first-order valence-electron chi connectivity index (χ1n) is 6.26. The van der Waals surface area contributed by atoms with E-state index in [2.05, 4.69) is 9.97 Å². The number of ether oxygens (including phenoxy) is 1. The second-order valence-electron chi connectivity index (χ2n) is 4.94. The van der Waals surface area contributed by atoms with Crippen molar-refractivity contribution in [1.29, 1.82) is 0 Å². The topological polar surface area (TPSA) is 99.0 Å². The van der Waals surface area contributed by atoms with Crippen LogP contribution in [0.5, 0.6) is 0 Å². The lowest BCUT2D eigenvalue weighted by Crippen LogP contribution is -2.31. The Morgan fingerprint density at radius 3 is 2.50 bits per heavy atom. The lowest BCUT2D eigenvalue weighted by molar-refractivity contribution is 0.117. The molecule has 2 aromatic heterocycles. The van der Waals surface area contributed by atoms with Crippen molar-refractivity contribution in [3.05, 3.63) is 27.2 Å². The molecule has 0 amide bonds. The second kappa shape index (κ2) is 4.95. The van der Waals surface area contributed by atoms with Crippen LogP contribution >= 0.6 is 0 Å². The molecule has 8 heteroatoms. The Morgan fingerprint density at radius 2 is 1.95 bits per heavy atom. The van der Waals surface area contributed by atoms with Gasteiger partial charge < -0.3 is 4.74 Å². The third-order valence-electron chi connectivity index (χ3n) is 2.69. The van der Waals surface area contributed by atoms with Gasteiger partial charge in [0.05, 0.1) is 12.3 Å². The Hall–Kier alpha value is -2.38. The minimum Gasteiger partial charge on any atom is -0.446 e. The van der Waals surface area contributed by atoms with Gasteiger partial charge in [0.25, 0.3) is 0 Å². The SMILES string of the molecule is CC(C)OC(=O)n1c(=O)n(C(C)C)c2[nH]c(=O)ncc21. The van der Waals surface area contributed by atoms with Crippen LogP contribution in [-0.4, -0.2) is 31.3 Å². The molecule has 2 rings (SSSR count). The predicted octanol–water partition coefficient (Wildman–Crippen LogP) is 0.860. The average Bonchev–Trinajstić information content (AvgIpc) is 2.59. The normalized spacial score (nSPS) is 11.5. The molecule has 0 aromatic carbocycles. The minimum absolute atomic E-state index is 0.217. The van der Waals surface area contributed by atoms with Gasteiger partial charge in [0, 0.05) is 6.04 Å². The van der Waals surface area contributed by atoms with E-state index in [4.69, 9.17) is 4.74 Å². The standard InChI is InChI=1S/C12H16N4O4/c1-6(2)15-9-8(5-13-10(17)14-9)16(11(15)18)12(19)20-7(3)4/h5-7H,1-4H3,(H,13,14,17). The Bertz CT molecular complexity index is 766. The van der Waals surface area contributed by atoms with Crippen LogP contribution < -0.4 is 11.4 Å². The summed E-state index contributed by atoms with van der Waals surface area (Å²) in [5.74, 6) is 0. The van der Waals surface area contributed by atoms with Gasteiger partial charge in [-0.1, -0.05) is 0 Å². The van der Waals surface area contributed by atoms with E-state index >= 15 is 0 Å². The molecule has 2 heterocycles. The minimum atomic E-state index is -0.789. The predicted molar refractivity (Wildman–Crippen MR) is 72.0 cm³/mol. The third kappa shape index (κ3) is 2.24. The molecule has 0 radical (unpaired) electrons. The summed E-state index contributed by atoms with van der Waals surface area (Å²) in [5, 5.41) is 0. The highest BCUT2D eigenvalue weighted by Crippen LogP contribution is 2.13. The van der Waals surface area contributed by atoms with Crippen molar-refractivity contribution in [2.45, 2.75) is 39.8 Å². The first kappa shape index (κ1) is 14.0. The number of rotatable bonds is 2. The first-order valence-corrected chi connectivity index (χ1v) is 6.26. The monoisotopic (exact) mass is 280 g/mol. The number of nitrogens with zero attached hydrogens (tertiary/aromatic N) is 3. The largest absolute Gasteiger partial charge is 0.446 e. The molecule has 1 N–H and O–H groups in total. The summed E-state index contributed by atoms with van der Waals surface area (Å²) in [6, 6.07) is -0.226. The van der Waals surface area contributed by atoms with Crippen LogP contribution in [0.1, 0.15) is 33.7 Å². The summed E-state index contributed by atoms with van der Waals surface area (Å²) < 4.78 is 7.23. The molecule has 0 saturated carbocycles. The fourth-order valence-electron chi connectivity index (χ4n) is 1.94. The maximum atomic E-state index is 12.3. The van der Waals surface area contributed by atoms with Gasteiger partial charge in [0.1, 0.15) is 11.2 Å².